The minimum Gasteiger partial charge on any atom is -0.313 e. The fourth-order valence-corrected chi connectivity index (χ4v) is 4.90. The van der Waals surface area contributed by atoms with Crippen molar-refractivity contribution < 1.29 is 12.8 Å². The van der Waals surface area contributed by atoms with Crippen molar-refractivity contribution >= 4 is 22.4 Å². The number of hydrogen-bond donors (Lipinski definition) is 1. The van der Waals surface area contributed by atoms with Gasteiger partial charge in [0.1, 0.15) is 5.82 Å². The molecule has 1 N–H and O–H groups in total. The zero-order valence-corrected chi connectivity index (χ0v) is 15.6. The maximum absolute atomic E-state index is 13.6. The van der Waals surface area contributed by atoms with Crippen LogP contribution in [0.1, 0.15) is 22.7 Å². The summed E-state index contributed by atoms with van der Waals surface area (Å²) in [6.07, 6.45) is 0. The molecule has 2 aromatic carbocycles. The zero-order chi connectivity index (χ0) is 17.2. The molecular formula is C18H22ClFN2O2S. The highest BCUT2D eigenvalue weighted by Gasteiger charge is 2.33. The van der Waals surface area contributed by atoms with Gasteiger partial charge in [0.2, 0.25) is 10.0 Å². The second-order valence-corrected chi connectivity index (χ2v) is 7.99. The van der Waals surface area contributed by atoms with Gasteiger partial charge in [-0.2, -0.15) is 4.31 Å². The standard InChI is InChI=1S/C18H21FN2O2S.ClH/c1-14-5-2-3-6-16(14)13-24(22,23)21-10-9-20-12-18(21)15-7-4-8-17(19)11-15;/h2-8,11,18,20H,9-10,12-13H2,1H3;1H. The molecular weight excluding hydrogens is 363 g/mol. The molecule has 1 aliphatic heterocycles. The molecule has 0 amide bonds. The Bertz CT molecular complexity index is 829. The lowest BCUT2D eigenvalue weighted by Crippen LogP contribution is -2.49. The fourth-order valence-electron chi connectivity index (χ4n) is 3.07. The topological polar surface area (TPSA) is 49.4 Å². The minimum absolute atomic E-state index is 0. The third-order valence-corrected chi connectivity index (χ3v) is 6.21. The Morgan fingerprint density at radius 1 is 1.20 bits per heavy atom. The summed E-state index contributed by atoms with van der Waals surface area (Å²) >= 11 is 0. The van der Waals surface area contributed by atoms with Crippen molar-refractivity contribution in [1.29, 1.82) is 0 Å². The molecule has 4 nitrogen and oxygen atoms in total. The molecule has 0 radical (unpaired) electrons. The number of sulfonamides is 1. The van der Waals surface area contributed by atoms with Crippen LogP contribution >= 0.6 is 12.4 Å². The molecule has 1 atom stereocenters. The van der Waals surface area contributed by atoms with E-state index in [2.05, 4.69) is 5.32 Å². The monoisotopic (exact) mass is 384 g/mol. The quantitative estimate of drug-likeness (QED) is 0.881. The van der Waals surface area contributed by atoms with Crippen LogP contribution in [0.2, 0.25) is 0 Å². The highest BCUT2D eigenvalue weighted by atomic mass is 35.5. The lowest BCUT2D eigenvalue weighted by atomic mass is 10.1. The maximum Gasteiger partial charge on any atom is 0.218 e. The molecule has 0 spiro atoms. The van der Waals surface area contributed by atoms with Crippen molar-refractivity contribution in [2.75, 3.05) is 19.6 Å². The molecule has 2 aromatic rings. The molecule has 25 heavy (non-hydrogen) atoms. The summed E-state index contributed by atoms with van der Waals surface area (Å²) < 4.78 is 41.0. The van der Waals surface area contributed by atoms with Crippen LogP contribution in [0, 0.1) is 12.7 Å². The molecule has 1 aliphatic rings. The first-order valence-electron chi connectivity index (χ1n) is 7.97. The van der Waals surface area contributed by atoms with E-state index in [4.69, 9.17) is 0 Å². The van der Waals surface area contributed by atoms with Crippen LogP contribution < -0.4 is 5.32 Å². The molecule has 0 aliphatic carbocycles. The van der Waals surface area contributed by atoms with Gasteiger partial charge in [-0.3, -0.25) is 0 Å². The van der Waals surface area contributed by atoms with E-state index in [9.17, 15) is 12.8 Å². The van der Waals surface area contributed by atoms with Gasteiger partial charge in [-0.25, -0.2) is 12.8 Å². The number of benzene rings is 2. The Hall–Kier alpha value is -1.47. The van der Waals surface area contributed by atoms with Crippen molar-refractivity contribution in [3.63, 3.8) is 0 Å². The van der Waals surface area contributed by atoms with Crippen molar-refractivity contribution in [3.05, 3.63) is 71.0 Å². The van der Waals surface area contributed by atoms with Crippen LogP contribution in [-0.2, 0) is 15.8 Å². The fraction of sp³-hybridized carbons (Fsp3) is 0.333. The predicted octanol–water partition coefficient (Wildman–Crippen LogP) is 3.03. The predicted molar refractivity (Wildman–Crippen MR) is 99.8 cm³/mol. The van der Waals surface area contributed by atoms with Crippen LogP contribution in [0.5, 0.6) is 0 Å². The molecule has 0 aromatic heterocycles. The van der Waals surface area contributed by atoms with Gasteiger partial charge in [0.15, 0.2) is 0 Å². The SMILES string of the molecule is Cc1ccccc1CS(=O)(=O)N1CCNCC1c1cccc(F)c1.Cl. The summed E-state index contributed by atoms with van der Waals surface area (Å²) in [5, 5.41) is 3.20. The van der Waals surface area contributed by atoms with Gasteiger partial charge in [0, 0.05) is 19.6 Å². The second-order valence-electron chi connectivity index (χ2n) is 6.07. The zero-order valence-electron chi connectivity index (χ0n) is 14.0. The smallest absolute Gasteiger partial charge is 0.218 e. The first-order chi connectivity index (χ1) is 11.5. The van der Waals surface area contributed by atoms with Crippen LogP contribution in [0.25, 0.3) is 0 Å². The van der Waals surface area contributed by atoms with E-state index in [-0.39, 0.29) is 30.0 Å². The number of piperazine rings is 1. The molecule has 1 heterocycles. The van der Waals surface area contributed by atoms with Gasteiger partial charge in [-0.1, -0.05) is 36.4 Å². The molecule has 1 fully saturated rings. The van der Waals surface area contributed by atoms with Crippen molar-refractivity contribution in [1.82, 2.24) is 9.62 Å². The Kier molecular flexibility index (Phi) is 6.57. The third kappa shape index (κ3) is 4.58. The second kappa shape index (κ2) is 8.27. The molecule has 136 valence electrons. The van der Waals surface area contributed by atoms with E-state index in [1.54, 1.807) is 12.1 Å². The molecule has 0 bridgehead atoms. The van der Waals surface area contributed by atoms with Gasteiger partial charge in [-0.05, 0) is 35.7 Å². The third-order valence-electron chi connectivity index (χ3n) is 4.38. The van der Waals surface area contributed by atoms with Gasteiger partial charge in [-0.15, -0.1) is 12.4 Å². The van der Waals surface area contributed by atoms with E-state index in [0.717, 1.165) is 11.1 Å². The van der Waals surface area contributed by atoms with Gasteiger partial charge in [0.25, 0.3) is 0 Å². The minimum atomic E-state index is -3.50. The van der Waals surface area contributed by atoms with Crippen molar-refractivity contribution in [2.45, 2.75) is 18.7 Å². The largest absolute Gasteiger partial charge is 0.313 e. The van der Waals surface area contributed by atoms with Crippen LogP contribution in [0.3, 0.4) is 0 Å². The van der Waals surface area contributed by atoms with Crippen LogP contribution in [0.15, 0.2) is 48.5 Å². The normalized spacial score (nSPS) is 18.6. The average molecular weight is 385 g/mol. The van der Waals surface area contributed by atoms with Crippen LogP contribution in [0.4, 0.5) is 4.39 Å². The number of aryl methyl sites for hydroxylation is 1. The molecule has 1 saturated heterocycles. The van der Waals surface area contributed by atoms with E-state index in [1.165, 1.54) is 16.4 Å². The average Bonchev–Trinajstić information content (AvgIpc) is 2.57. The summed E-state index contributed by atoms with van der Waals surface area (Å²) in [5.74, 6) is -0.389. The number of nitrogens with one attached hydrogen (secondary N) is 1. The van der Waals surface area contributed by atoms with Gasteiger partial charge >= 0.3 is 0 Å². The maximum atomic E-state index is 13.6. The number of rotatable bonds is 4. The number of nitrogens with zero attached hydrogens (tertiary/aromatic N) is 1. The summed E-state index contributed by atoms with van der Waals surface area (Å²) in [7, 11) is -3.50. The molecule has 0 saturated carbocycles. The lowest BCUT2D eigenvalue weighted by Gasteiger charge is -2.35. The molecule has 7 heteroatoms. The summed E-state index contributed by atoms with van der Waals surface area (Å²) in [4.78, 5) is 0. The summed E-state index contributed by atoms with van der Waals surface area (Å²) in [5.41, 5.74) is 2.43. The van der Waals surface area contributed by atoms with Crippen molar-refractivity contribution in [3.8, 4) is 0 Å². The Morgan fingerprint density at radius 2 is 1.96 bits per heavy atom. The first-order valence-corrected chi connectivity index (χ1v) is 9.58. The Balaban J connectivity index is 0.00000225. The number of halogens is 2. The Morgan fingerprint density at radius 3 is 2.68 bits per heavy atom. The van der Waals surface area contributed by atoms with E-state index in [1.807, 2.05) is 31.2 Å². The van der Waals surface area contributed by atoms with Crippen molar-refractivity contribution in [2.24, 2.45) is 0 Å². The highest BCUT2D eigenvalue weighted by Crippen LogP contribution is 2.27. The van der Waals surface area contributed by atoms with Gasteiger partial charge < -0.3 is 5.32 Å². The van der Waals surface area contributed by atoms with Crippen LogP contribution in [-0.4, -0.2) is 32.4 Å². The van der Waals surface area contributed by atoms with Gasteiger partial charge in [0.05, 0.1) is 11.8 Å². The van der Waals surface area contributed by atoms with E-state index < -0.39 is 10.0 Å². The lowest BCUT2D eigenvalue weighted by molar-refractivity contribution is 0.270. The first kappa shape index (κ1) is 19.8. The summed E-state index contributed by atoms with van der Waals surface area (Å²) in [6.45, 7) is 3.37. The molecule has 1 unspecified atom stereocenters. The van der Waals surface area contributed by atoms with E-state index >= 15 is 0 Å². The summed E-state index contributed by atoms with van der Waals surface area (Å²) in [6, 6.07) is 13.3. The molecule has 3 rings (SSSR count). The highest BCUT2D eigenvalue weighted by molar-refractivity contribution is 7.88. The number of hydrogen-bond acceptors (Lipinski definition) is 3. The van der Waals surface area contributed by atoms with E-state index in [0.29, 0.717) is 25.2 Å². The Labute approximate surface area is 154 Å².